The van der Waals surface area contributed by atoms with Gasteiger partial charge in [-0.15, -0.1) is 0 Å². The van der Waals surface area contributed by atoms with Crippen LogP contribution in [0.1, 0.15) is 13.8 Å². The van der Waals surface area contributed by atoms with E-state index < -0.39 is 4.92 Å². The maximum atomic E-state index is 10.1. The van der Waals surface area contributed by atoms with Gasteiger partial charge in [-0.3, -0.25) is 10.1 Å². The molecule has 1 aromatic rings. The van der Waals surface area contributed by atoms with E-state index in [0.717, 1.165) is 12.3 Å². The molecule has 0 aromatic carbocycles. The Labute approximate surface area is 85.6 Å². The molecular weight excluding hydrogens is 215 g/mol. The third kappa shape index (κ3) is 3.57. The zero-order valence-corrected chi connectivity index (χ0v) is 8.63. The molecule has 0 bridgehead atoms. The average molecular weight is 223 g/mol. The van der Waals surface area contributed by atoms with Crippen molar-refractivity contribution >= 4 is 28.9 Å². The van der Waals surface area contributed by atoms with Gasteiger partial charge >= 0.3 is 0 Å². The van der Waals surface area contributed by atoms with E-state index in [0.29, 0.717) is 0 Å². The van der Waals surface area contributed by atoms with Crippen molar-refractivity contribution < 1.29 is 4.92 Å². The van der Waals surface area contributed by atoms with Gasteiger partial charge in [-0.25, -0.2) is 4.98 Å². The third-order valence-electron chi connectivity index (χ3n) is 0.993. The highest BCUT2D eigenvalue weighted by Gasteiger charge is 2.08. The van der Waals surface area contributed by atoms with Crippen molar-refractivity contribution in [3.63, 3.8) is 0 Å². The molecule has 0 atom stereocenters. The van der Waals surface area contributed by atoms with Crippen LogP contribution in [0.4, 0.5) is 5.69 Å². The summed E-state index contributed by atoms with van der Waals surface area (Å²) in [6, 6.07) is 1.15. The first-order valence-corrected chi connectivity index (χ1v) is 4.32. The molecule has 4 nitrogen and oxygen atoms in total. The van der Waals surface area contributed by atoms with Crippen LogP contribution in [0, 0.1) is 10.1 Å². The summed E-state index contributed by atoms with van der Waals surface area (Å²) >= 11 is 10.9. The number of aromatic nitrogens is 1. The zero-order chi connectivity index (χ0) is 10.4. The summed E-state index contributed by atoms with van der Waals surface area (Å²) in [6.45, 7) is 4.00. The molecule has 0 aliphatic carbocycles. The number of halogens is 2. The van der Waals surface area contributed by atoms with Gasteiger partial charge in [-0.2, -0.15) is 0 Å². The zero-order valence-electron chi connectivity index (χ0n) is 7.12. The first-order chi connectivity index (χ1) is 6.11. The molecule has 0 N–H and O–H groups in total. The fourth-order valence-corrected chi connectivity index (χ4v) is 0.775. The lowest BCUT2D eigenvalue weighted by Crippen LogP contribution is -1.88. The molecule has 0 aliphatic rings. The van der Waals surface area contributed by atoms with Crippen LogP contribution in [0.5, 0.6) is 0 Å². The first-order valence-electron chi connectivity index (χ1n) is 3.56. The monoisotopic (exact) mass is 222 g/mol. The lowest BCUT2D eigenvalue weighted by molar-refractivity contribution is -0.385. The molecule has 0 fully saturated rings. The molecule has 0 saturated carbocycles. The highest BCUT2D eigenvalue weighted by molar-refractivity contribution is 6.41. The smallest absolute Gasteiger partial charge is 0.258 e. The number of hydrogen-bond acceptors (Lipinski definition) is 3. The molecule has 0 aliphatic heterocycles. The fraction of sp³-hybridized carbons (Fsp3) is 0.286. The Kier molecular flexibility index (Phi) is 5.34. The molecule has 0 amide bonds. The van der Waals surface area contributed by atoms with Crippen molar-refractivity contribution in [3.05, 3.63) is 32.6 Å². The van der Waals surface area contributed by atoms with Crippen LogP contribution in [0.2, 0.25) is 10.2 Å². The summed E-state index contributed by atoms with van der Waals surface area (Å²) < 4.78 is 0. The van der Waals surface area contributed by atoms with Gasteiger partial charge in [0.1, 0.15) is 11.3 Å². The molecule has 13 heavy (non-hydrogen) atoms. The van der Waals surface area contributed by atoms with Gasteiger partial charge in [0.05, 0.1) is 9.95 Å². The summed E-state index contributed by atoms with van der Waals surface area (Å²) in [4.78, 5) is 13.0. The minimum atomic E-state index is -0.588. The van der Waals surface area contributed by atoms with E-state index in [-0.39, 0.29) is 15.9 Å². The van der Waals surface area contributed by atoms with Crippen LogP contribution in [-0.2, 0) is 0 Å². The summed E-state index contributed by atoms with van der Waals surface area (Å²) in [5, 5.41) is 10.3. The van der Waals surface area contributed by atoms with Crippen molar-refractivity contribution in [2.24, 2.45) is 0 Å². The van der Waals surface area contributed by atoms with Gasteiger partial charge in [0.2, 0.25) is 0 Å². The highest BCUT2D eigenvalue weighted by Crippen LogP contribution is 2.22. The number of pyridine rings is 1. The number of nitro groups is 1. The molecule has 6 heteroatoms. The molecule has 0 saturated heterocycles. The van der Waals surface area contributed by atoms with Gasteiger partial charge in [0.25, 0.3) is 5.69 Å². The SMILES string of the molecule is CC.O=[N+]([O-])c1cnc(Cl)c(Cl)c1. The van der Waals surface area contributed by atoms with Crippen LogP contribution in [0.25, 0.3) is 0 Å². The molecule has 1 rings (SSSR count). The normalized spacial score (nSPS) is 8.62. The minimum absolute atomic E-state index is 0.0669. The Morgan fingerprint density at radius 1 is 1.46 bits per heavy atom. The van der Waals surface area contributed by atoms with Crippen LogP contribution in [-0.4, -0.2) is 9.91 Å². The predicted molar refractivity (Wildman–Crippen MR) is 52.3 cm³/mol. The maximum Gasteiger partial charge on any atom is 0.289 e. The second kappa shape index (κ2) is 5.72. The van der Waals surface area contributed by atoms with E-state index in [1.165, 1.54) is 0 Å². The van der Waals surface area contributed by atoms with Gasteiger partial charge in [-0.1, -0.05) is 37.0 Å². The van der Waals surface area contributed by atoms with Crippen molar-refractivity contribution in [2.45, 2.75) is 13.8 Å². The van der Waals surface area contributed by atoms with E-state index >= 15 is 0 Å². The lowest BCUT2D eigenvalue weighted by Gasteiger charge is -1.92. The fourth-order valence-electron chi connectivity index (χ4n) is 0.511. The van der Waals surface area contributed by atoms with E-state index in [1.807, 2.05) is 13.8 Å². The van der Waals surface area contributed by atoms with Crippen LogP contribution >= 0.6 is 23.2 Å². The van der Waals surface area contributed by atoms with Crippen molar-refractivity contribution in [2.75, 3.05) is 0 Å². The van der Waals surface area contributed by atoms with Gasteiger partial charge in [0, 0.05) is 6.07 Å². The number of nitrogens with zero attached hydrogens (tertiary/aromatic N) is 2. The second-order valence-corrected chi connectivity index (χ2v) is 2.49. The van der Waals surface area contributed by atoms with E-state index in [1.54, 1.807) is 0 Å². The Morgan fingerprint density at radius 2 is 2.00 bits per heavy atom. The van der Waals surface area contributed by atoms with Crippen LogP contribution in [0.3, 0.4) is 0 Å². The number of hydrogen-bond donors (Lipinski definition) is 0. The Balaban J connectivity index is 0.000000671. The predicted octanol–water partition coefficient (Wildman–Crippen LogP) is 3.32. The van der Waals surface area contributed by atoms with Crippen molar-refractivity contribution in [1.29, 1.82) is 0 Å². The lowest BCUT2D eigenvalue weighted by atomic mass is 10.4. The maximum absolute atomic E-state index is 10.1. The molecule has 0 spiro atoms. The van der Waals surface area contributed by atoms with Crippen molar-refractivity contribution in [1.82, 2.24) is 4.98 Å². The van der Waals surface area contributed by atoms with E-state index in [4.69, 9.17) is 23.2 Å². The van der Waals surface area contributed by atoms with Crippen molar-refractivity contribution in [3.8, 4) is 0 Å². The van der Waals surface area contributed by atoms with Gasteiger partial charge in [-0.05, 0) is 0 Å². The summed E-state index contributed by atoms with van der Waals surface area (Å²) in [5.74, 6) is 0. The first kappa shape index (κ1) is 12.1. The Morgan fingerprint density at radius 3 is 2.38 bits per heavy atom. The minimum Gasteiger partial charge on any atom is -0.258 e. The third-order valence-corrected chi connectivity index (χ3v) is 1.68. The molecule has 0 unspecified atom stereocenters. The molecule has 72 valence electrons. The largest absolute Gasteiger partial charge is 0.289 e. The highest BCUT2D eigenvalue weighted by atomic mass is 35.5. The molecule has 1 heterocycles. The van der Waals surface area contributed by atoms with Gasteiger partial charge in [0.15, 0.2) is 0 Å². The topological polar surface area (TPSA) is 56.0 Å². The van der Waals surface area contributed by atoms with E-state index in [2.05, 4.69) is 4.98 Å². The summed E-state index contributed by atoms with van der Waals surface area (Å²) in [6.07, 6.45) is 1.05. The molecule has 1 aromatic heterocycles. The summed E-state index contributed by atoms with van der Waals surface area (Å²) in [7, 11) is 0. The Bertz CT molecular complexity index is 305. The standard InChI is InChI=1S/C5H2Cl2N2O2.C2H6/c6-4-1-3(9(10)11)2-8-5(4)7;1-2/h1-2H;1-2H3. The van der Waals surface area contributed by atoms with Gasteiger partial charge < -0.3 is 0 Å². The number of rotatable bonds is 1. The molecular formula is C7H8Cl2N2O2. The summed E-state index contributed by atoms with van der Waals surface area (Å²) in [5.41, 5.74) is -0.167. The average Bonchev–Trinajstić information content (AvgIpc) is 2.13. The van der Waals surface area contributed by atoms with Crippen LogP contribution in [0.15, 0.2) is 12.3 Å². The molecule has 0 radical (unpaired) electrons. The van der Waals surface area contributed by atoms with E-state index in [9.17, 15) is 10.1 Å². The van der Waals surface area contributed by atoms with Crippen LogP contribution < -0.4 is 0 Å². The Hall–Kier alpha value is -0.870. The quantitative estimate of drug-likeness (QED) is 0.416. The second-order valence-electron chi connectivity index (χ2n) is 1.72.